The van der Waals surface area contributed by atoms with Gasteiger partial charge in [-0.2, -0.15) is 5.26 Å². The minimum Gasteiger partial charge on any atom is -0.493 e. The van der Waals surface area contributed by atoms with Gasteiger partial charge < -0.3 is 14.5 Å². The summed E-state index contributed by atoms with van der Waals surface area (Å²) in [6, 6.07) is 14.8. The number of imidazole rings is 1. The SMILES string of the molecule is COc1cc(/C=C(/C#N)c2nc3ccc(F)cc3[nH]2)cc(Cl)c1OCc1ccc(Cl)c(Cl)c1. The van der Waals surface area contributed by atoms with Gasteiger partial charge in [0.05, 0.1) is 38.8 Å². The number of hydrogen-bond donors (Lipinski definition) is 1. The van der Waals surface area contributed by atoms with Gasteiger partial charge in [-0.15, -0.1) is 0 Å². The zero-order valence-electron chi connectivity index (χ0n) is 17.1. The number of nitrogens with one attached hydrogen (secondary N) is 1. The Morgan fingerprint density at radius 1 is 1.09 bits per heavy atom. The van der Waals surface area contributed by atoms with E-state index in [1.165, 1.54) is 19.2 Å². The molecule has 0 aliphatic rings. The first-order valence-electron chi connectivity index (χ1n) is 9.59. The highest BCUT2D eigenvalue weighted by atomic mass is 35.5. The van der Waals surface area contributed by atoms with Crippen LogP contribution in [-0.2, 0) is 6.61 Å². The summed E-state index contributed by atoms with van der Waals surface area (Å²) < 4.78 is 24.8. The highest BCUT2D eigenvalue weighted by Crippen LogP contribution is 2.38. The minimum absolute atomic E-state index is 0.196. The Morgan fingerprint density at radius 3 is 2.64 bits per heavy atom. The molecular weight excluding hydrogens is 488 g/mol. The lowest BCUT2D eigenvalue weighted by Gasteiger charge is -2.14. The molecule has 0 saturated heterocycles. The number of fused-ring (bicyclic) bond motifs is 1. The zero-order valence-corrected chi connectivity index (χ0v) is 19.4. The van der Waals surface area contributed by atoms with Gasteiger partial charge in [0, 0.05) is 0 Å². The van der Waals surface area contributed by atoms with Crippen LogP contribution in [0.25, 0.3) is 22.7 Å². The van der Waals surface area contributed by atoms with Crippen LogP contribution in [0.4, 0.5) is 4.39 Å². The van der Waals surface area contributed by atoms with E-state index in [1.54, 1.807) is 42.5 Å². The van der Waals surface area contributed by atoms with E-state index >= 15 is 0 Å². The molecule has 33 heavy (non-hydrogen) atoms. The molecule has 0 fully saturated rings. The topological polar surface area (TPSA) is 70.9 Å². The van der Waals surface area contributed by atoms with Crippen molar-refractivity contribution in [3.05, 3.63) is 86.4 Å². The van der Waals surface area contributed by atoms with Crippen LogP contribution in [0.3, 0.4) is 0 Å². The van der Waals surface area contributed by atoms with Gasteiger partial charge in [0.15, 0.2) is 11.5 Å². The van der Waals surface area contributed by atoms with Crippen molar-refractivity contribution in [3.8, 4) is 17.6 Å². The number of aromatic amines is 1. The summed E-state index contributed by atoms with van der Waals surface area (Å²) >= 11 is 18.5. The third-order valence-corrected chi connectivity index (χ3v) is 5.77. The van der Waals surface area contributed by atoms with Crippen LogP contribution >= 0.6 is 34.8 Å². The van der Waals surface area contributed by atoms with Crippen molar-refractivity contribution in [1.82, 2.24) is 9.97 Å². The lowest BCUT2D eigenvalue weighted by atomic mass is 10.1. The normalized spacial score (nSPS) is 11.5. The molecule has 1 N–H and O–H groups in total. The molecule has 4 rings (SSSR count). The predicted molar refractivity (Wildman–Crippen MR) is 128 cm³/mol. The Kier molecular flexibility index (Phi) is 6.75. The number of methoxy groups -OCH3 is 1. The maximum absolute atomic E-state index is 13.5. The molecule has 5 nitrogen and oxygen atoms in total. The fourth-order valence-corrected chi connectivity index (χ4v) is 3.77. The fraction of sp³-hybridized carbons (Fsp3) is 0.0833. The number of hydrogen-bond acceptors (Lipinski definition) is 4. The third kappa shape index (κ3) is 5.07. The van der Waals surface area contributed by atoms with Crippen LogP contribution in [0.1, 0.15) is 17.0 Å². The molecule has 0 unspecified atom stereocenters. The van der Waals surface area contributed by atoms with Crippen molar-refractivity contribution < 1.29 is 13.9 Å². The summed E-state index contributed by atoms with van der Waals surface area (Å²) in [7, 11) is 1.49. The fourth-order valence-electron chi connectivity index (χ4n) is 3.18. The van der Waals surface area contributed by atoms with Gasteiger partial charge in [-0.25, -0.2) is 9.37 Å². The van der Waals surface area contributed by atoms with Gasteiger partial charge in [-0.1, -0.05) is 40.9 Å². The van der Waals surface area contributed by atoms with Gasteiger partial charge >= 0.3 is 0 Å². The number of benzene rings is 3. The quantitative estimate of drug-likeness (QED) is 0.281. The van der Waals surface area contributed by atoms with E-state index in [4.69, 9.17) is 44.3 Å². The van der Waals surface area contributed by atoms with E-state index in [2.05, 4.69) is 16.0 Å². The highest BCUT2D eigenvalue weighted by molar-refractivity contribution is 6.42. The molecule has 0 aliphatic heterocycles. The molecule has 0 amide bonds. The maximum Gasteiger partial charge on any atom is 0.180 e. The van der Waals surface area contributed by atoms with Crippen molar-refractivity contribution in [2.45, 2.75) is 6.61 Å². The largest absolute Gasteiger partial charge is 0.493 e. The summed E-state index contributed by atoms with van der Waals surface area (Å²) in [4.78, 5) is 7.32. The van der Waals surface area contributed by atoms with Gasteiger partial charge in [0.2, 0.25) is 0 Å². The Hall–Kier alpha value is -3.24. The number of nitrogens with zero attached hydrogens (tertiary/aromatic N) is 2. The highest BCUT2D eigenvalue weighted by Gasteiger charge is 2.14. The monoisotopic (exact) mass is 501 g/mol. The smallest absolute Gasteiger partial charge is 0.180 e. The number of aromatic nitrogens is 2. The first-order valence-corrected chi connectivity index (χ1v) is 10.7. The average Bonchev–Trinajstić information content (AvgIpc) is 3.21. The van der Waals surface area contributed by atoms with Gasteiger partial charge in [0.25, 0.3) is 0 Å². The average molecular weight is 503 g/mol. The molecular formula is C24H15Cl3FN3O2. The number of nitriles is 1. The first kappa shape index (κ1) is 22.9. The molecule has 1 aromatic heterocycles. The molecule has 0 bridgehead atoms. The molecule has 0 radical (unpaired) electrons. The maximum atomic E-state index is 13.5. The summed E-state index contributed by atoms with van der Waals surface area (Å²) in [6.45, 7) is 0.196. The van der Waals surface area contributed by atoms with Crippen molar-refractivity contribution in [2.75, 3.05) is 7.11 Å². The van der Waals surface area contributed by atoms with E-state index in [-0.39, 0.29) is 12.2 Å². The summed E-state index contributed by atoms with van der Waals surface area (Å²) in [5.74, 6) is 0.652. The molecule has 0 saturated carbocycles. The van der Waals surface area contributed by atoms with E-state index < -0.39 is 5.82 Å². The number of rotatable bonds is 6. The molecule has 0 spiro atoms. The Morgan fingerprint density at radius 2 is 1.91 bits per heavy atom. The van der Waals surface area contributed by atoms with E-state index in [0.29, 0.717) is 49.0 Å². The van der Waals surface area contributed by atoms with Crippen LogP contribution in [0.2, 0.25) is 15.1 Å². The van der Waals surface area contributed by atoms with Crippen molar-refractivity contribution in [1.29, 1.82) is 5.26 Å². The first-order chi connectivity index (χ1) is 15.9. The lowest BCUT2D eigenvalue weighted by molar-refractivity contribution is 0.284. The molecule has 3 aromatic carbocycles. The summed E-state index contributed by atoms with van der Waals surface area (Å²) in [5.41, 5.74) is 2.69. The Bertz CT molecular complexity index is 1430. The number of halogens is 4. The summed E-state index contributed by atoms with van der Waals surface area (Å²) in [5, 5.41) is 10.8. The molecule has 4 aromatic rings. The molecule has 1 heterocycles. The van der Waals surface area contributed by atoms with Crippen molar-refractivity contribution >= 4 is 57.5 Å². The van der Waals surface area contributed by atoms with Gasteiger partial charge in [0.1, 0.15) is 24.3 Å². The van der Waals surface area contributed by atoms with E-state index in [9.17, 15) is 9.65 Å². The van der Waals surface area contributed by atoms with Crippen LogP contribution in [0, 0.1) is 17.1 Å². The summed E-state index contributed by atoms with van der Waals surface area (Å²) in [6.07, 6.45) is 1.60. The van der Waals surface area contributed by atoms with E-state index in [1.807, 2.05) is 0 Å². The standard InChI is InChI=1S/C24H15Cl3FN3O2/c1-32-22-9-14(6-15(11-29)24-30-20-5-3-16(28)10-21(20)31-24)8-19(27)23(22)33-12-13-2-4-17(25)18(26)7-13/h2-10H,12H2,1H3,(H,30,31)/b15-6-. The molecule has 166 valence electrons. The third-order valence-electron chi connectivity index (χ3n) is 4.75. The second-order valence-electron chi connectivity index (χ2n) is 6.99. The van der Waals surface area contributed by atoms with E-state index in [0.717, 1.165) is 5.56 Å². The van der Waals surface area contributed by atoms with Gasteiger partial charge in [-0.05, 0) is 59.7 Å². The zero-order chi connectivity index (χ0) is 23.5. The van der Waals surface area contributed by atoms with Crippen molar-refractivity contribution in [3.63, 3.8) is 0 Å². The lowest BCUT2D eigenvalue weighted by Crippen LogP contribution is -1.99. The predicted octanol–water partition coefficient (Wildman–Crippen LogP) is 7.31. The second kappa shape index (κ2) is 9.72. The minimum atomic E-state index is -0.395. The van der Waals surface area contributed by atoms with Crippen LogP contribution in [-0.4, -0.2) is 17.1 Å². The molecule has 0 aliphatic carbocycles. The van der Waals surface area contributed by atoms with Crippen LogP contribution < -0.4 is 9.47 Å². The van der Waals surface area contributed by atoms with Crippen LogP contribution in [0.5, 0.6) is 11.5 Å². The Balaban J connectivity index is 1.63. The second-order valence-corrected chi connectivity index (χ2v) is 8.21. The molecule has 9 heteroatoms. The Labute approximate surface area is 203 Å². The number of H-pyrrole nitrogens is 1. The van der Waals surface area contributed by atoms with Crippen molar-refractivity contribution in [2.24, 2.45) is 0 Å². The molecule has 0 atom stereocenters. The van der Waals surface area contributed by atoms with Gasteiger partial charge in [-0.3, -0.25) is 0 Å². The number of allylic oxidation sites excluding steroid dienone is 1. The van der Waals surface area contributed by atoms with Crippen LogP contribution in [0.15, 0.2) is 48.5 Å². The number of ether oxygens (including phenoxy) is 2.